The van der Waals surface area contributed by atoms with Gasteiger partial charge in [0.1, 0.15) is 5.82 Å². The number of carbonyl (C=O) groups is 2. The second kappa shape index (κ2) is 10.1. The maximum atomic E-state index is 13.2. The van der Waals surface area contributed by atoms with E-state index < -0.39 is 15.8 Å². The summed E-state index contributed by atoms with van der Waals surface area (Å²) in [6.45, 7) is 3.09. The predicted octanol–water partition coefficient (Wildman–Crippen LogP) is 3.21. The summed E-state index contributed by atoms with van der Waals surface area (Å²) in [5, 5.41) is 0. The van der Waals surface area contributed by atoms with Gasteiger partial charge >= 0.3 is 5.97 Å². The molecule has 32 heavy (non-hydrogen) atoms. The van der Waals surface area contributed by atoms with E-state index in [0.29, 0.717) is 49.4 Å². The van der Waals surface area contributed by atoms with E-state index in [9.17, 15) is 22.4 Å². The molecule has 1 amide bonds. The summed E-state index contributed by atoms with van der Waals surface area (Å²) in [4.78, 5) is 26.4. The zero-order chi connectivity index (χ0) is 23.3. The smallest absolute Gasteiger partial charge is 0.309 e. The minimum Gasteiger partial charge on any atom is -0.466 e. The Labute approximate surface area is 187 Å². The fourth-order valence-corrected chi connectivity index (χ4v) is 4.58. The number of esters is 1. The molecule has 0 aliphatic carbocycles. The number of hydrogen-bond donors (Lipinski definition) is 0. The summed E-state index contributed by atoms with van der Waals surface area (Å²) in [5.41, 5.74) is 1.49. The van der Waals surface area contributed by atoms with Crippen LogP contribution in [0.25, 0.3) is 0 Å². The number of piperidine rings is 1. The summed E-state index contributed by atoms with van der Waals surface area (Å²) >= 11 is 0. The quantitative estimate of drug-likeness (QED) is 0.590. The summed E-state index contributed by atoms with van der Waals surface area (Å²) < 4.78 is 44.1. The number of halogens is 1. The topological polar surface area (TPSA) is 84.0 Å². The van der Waals surface area contributed by atoms with Crippen LogP contribution in [0.5, 0.6) is 0 Å². The van der Waals surface area contributed by atoms with E-state index in [1.165, 1.54) is 28.6 Å². The third kappa shape index (κ3) is 5.85. The molecule has 1 heterocycles. The van der Waals surface area contributed by atoms with Crippen molar-refractivity contribution in [1.82, 2.24) is 4.90 Å². The number of nitrogens with zero attached hydrogens (tertiary/aromatic N) is 2. The lowest BCUT2D eigenvalue weighted by molar-refractivity contribution is -0.149. The standard InChI is InChI=1S/C23H27FN2O5S/c1-3-31-23(28)19-12-14-25(15-13-19)22(27)18-6-10-21(11-7-18)26(32(2,29)30)16-17-4-8-20(24)9-5-17/h4-11,19H,3,12-16H2,1-2H3. The zero-order valence-electron chi connectivity index (χ0n) is 18.2. The van der Waals surface area contributed by atoms with Crippen molar-refractivity contribution < 1.29 is 27.1 Å². The van der Waals surface area contributed by atoms with Gasteiger partial charge in [0.15, 0.2) is 0 Å². The van der Waals surface area contributed by atoms with Crippen LogP contribution in [0.2, 0.25) is 0 Å². The molecule has 0 saturated carbocycles. The molecule has 0 aromatic heterocycles. The number of amides is 1. The number of sulfonamides is 1. The highest BCUT2D eigenvalue weighted by atomic mass is 32.2. The van der Waals surface area contributed by atoms with Gasteiger partial charge in [0.2, 0.25) is 10.0 Å². The van der Waals surface area contributed by atoms with Crippen LogP contribution in [0.4, 0.5) is 10.1 Å². The van der Waals surface area contributed by atoms with E-state index in [0.717, 1.165) is 6.26 Å². The van der Waals surface area contributed by atoms with Crippen molar-refractivity contribution in [2.24, 2.45) is 5.92 Å². The van der Waals surface area contributed by atoms with Gasteiger partial charge in [-0.15, -0.1) is 0 Å². The van der Waals surface area contributed by atoms with Gasteiger partial charge in [-0.25, -0.2) is 12.8 Å². The molecule has 1 saturated heterocycles. The van der Waals surface area contributed by atoms with E-state index >= 15 is 0 Å². The van der Waals surface area contributed by atoms with E-state index in [4.69, 9.17) is 4.74 Å². The Balaban J connectivity index is 1.69. The van der Waals surface area contributed by atoms with E-state index in [-0.39, 0.29) is 24.3 Å². The van der Waals surface area contributed by atoms with Crippen molar-refractivity contribution >= 4 is 27.6 Å². The fourth-order valence-electron chi connectivity index (χ4n) is 3.69. The van der Waals surface area contributed by atoms with Crippen LogP contribution in [-0.4, -0.2) is 51.1 Å². The molecule has 1 fully saturated rings. The maximum Gasteiger partial charge on any atom is 0.309 e. The van der Waals surface area contributed by atoms with Crippen molar-refractivity contribution in [3.63, 3.8) is 0 Å². The molecule has 9 heteroatoms. The molecule has 0 radical (unpaired) electrons. The molecular formula is C23H27FN2O5S. The Morgan fingerprint density at radius 2 is 1.66 bits per heavy atom. The van der Waals surface area contributed by atoms with Crippen LogP contribution in [0.1, 0.15) is 35.7 Å². The molecule has 0 atom stereocenters. The first-order chi connectivity index (χ1) is 15.2. The molecule has 172 valence electrons. The lowest BCUT2D eigenvalue weighted by Gasteiger charge is -2.31. The molecule has 2 aromatic rings. The SMILES string of the molecule is CCOC(=O)C1CCN(C(=O)c2ccc(N(Cc3ccc(F)cc3)S(C)(=O)=O)cc2)CC1. The molecule has 1 aliphatic heterocycles. The average Bonchev–Trinajstić information content (AvgIpc) is 2.78. The molecule has 1 aliphatic rings. The highest BCUT2D eigenvalue weighted by Gasteiger charge is 2.29. The van der Waals surface area contributed by atoms with Crippen LogP contribution in [0.3, 0.4) is 0 Å². The molecular weight excluding hydrogens is 435 g/mol. The monoisotopic (exact) mass is 462 g/mol. The van der Waals surface area contributed by atoms with Crippen LogP contribution >= 0.6 is 0 Å². The molecule has 2 aromatic carbocycles. The van der Waals surface area contributed by atoms with Gasteiger partial charge in [-0.2, -0.15) is 0 Å². The van der Waals surface area contributed by atoms with E-state index in [1.54, 1.807) is 36.1 Å². The first-order valence-electron chi connectivity index (χ1n) is 10.5. The van der Waals surface area contributed by atoms with Crippen LogP contribution in [0, 0.1) is 11.7 Å². The summed E-state index contributed by atoms with van der Waals surface area (Å²) in [6, 6.07) is 12.0. The summed E-state index contributed by atoms with van der Waals surface area (Å²) in [7, 11) is -3.60. The van der Waals surface area contributed by atoms with Gasteiger partial charge in [-0.1, -0.05) is 12.1 Å². The van der Waals surface area contributed by atoms with Crippen molar-refractivity contribution in [2.45, 2.75) is 26.3 Å². The summed E-state index contributed by atoms with van der Waals surface area (Å²) in [6.07, 6.45) is 2.22. The molecule has 0 unspecified atom stereocenters. The van der Waals surface area contributed by atoms with Crippen LogP contribution in [-0.2, 0) is 26.1 Å². The number of anilines is 1. The minimum atomic E-state index is -3.60. The Morgan fingerprint density at radius 3 is 2.19 bits per heavy atom. The van der Waals surface area contributed by atoms with Gasteiger partial charge in [0.25, 0.3) is 5.91 Å². The summed E-state index contributed by atoms with van der Waals surface area (Å²) in [5.74, 6) is -0.959. The molecule has 0 N–H and O–H groups in total. The Morgan fingerprint density at radius 1 is 1.06 bits per heavy atom. The number of likely N-dealkylation sites (tertiary alicyclic amines) is 1. The maximum absolute atomic E-state index is 13.2. The van der Waals surface area contributed by atoms with Gasteiger partial charge in [-0.3, -0.25) is 13.9 Å². The third-order valence-electron chi connectivity index (χ3n) is 5.44. The highest BCUT2D eigenvalue weighted by Crippen LogP contribution is 2.24. The second-order valence-electron chi connectivity index (χ2n) is 7.76. The largest absolute Gasteiger partial charge is 0.466 e. The first kappa shape index (κ1) is 23.7. The van der Waals surface area contributed by atoms with Crippen LogP contribution < -0.4 is 4.31 Å². The normalized spacial score (nSPS) is 14.8. The number of ether oxygens (including phenoxy) is 1. The predicted molar refractivity (Wildman–Crippen MR) is 119 cm³/mol. The van der Waals surface area contributed by atoms with Crippen molar-refractivity contribution in [3.05, 3.63) is 65.5 Å². The molecule has 0 spiro atoms. The number of rotatable bonds is 7. The van der Waals surface area contributed by atoms with Gasteiger partial charge in [0, 0.05) is 18.7 Å². The lowest BCUT2D eigenvalue weighted by Crippen LogP contribution is -2.40. The Bertz CT molecular complexity index is 1050. The molecule has 0 bridgehead atoms. The Hall–Kier alpha value is -2.94. The van der Waals surface area contributed by atoms with E-state index in [2.05, 4.69) is 0 Å². The lowest BCUT2D eigenvalue weighted by atomic mass is 9.96. The average molecular weight is 463 g/mol. The third-order valence-corrected chi connectivity index (χ3v) is 6.58. The first-order valence-corrected chi connectivity index (χ1v) is 12.3. The Kier molecular flexibility index (Phi) is 7.50. The number of carbonyl (C=O) groups excluding carboxylic acids is 2. The highest BCUT2D eigenvalue weighted by molar-refractivity contribution is 7.92. The van der Waals surface area contributed by atoms with Gasteiger partial charge < -0.3 is 9.64 Å². The second-order valence-corrected chi connectivity index (χ2v) is 9.67. The fraction of sp³-hybridized carbons (Fsp3) is 0.391. The van der Waals surface area contributed by atoms with Gasteiger partial charge in [0.05, 0.1) is 31.0 Å². The molecule has 7 nitrogen and oxygen atoms in total. The van der Waals surface area contributed by atoms with Gasteiger partial charge in [-0.05, 0) is 61.7 Å². The van der Waals surface area contributed by atoms with Crippen LogP contribution in [0.15, 0.2) is 48.5 Å². The molecule has 3 rings (SSSR count). The van der Waals surface area contributed by atoms with Crippen molar-refractivity contribution in [1.29, 1.82) is 0 Å². The van der Waals surface area contributed by atoms with Crippen molar-refractivity contribution in [3.8, 4) is 0 Å². The number of benzene rings is 2. The van der Waals surface area contributed by atoms with E-state index in [1.807, 2.05) is 0 Å². The minimum absolute atomic E-state index is 0.0494. The zero-order valence-corrected chi connectivity index (χ0v) is 19.0. The number of hydrogen-bond acceptors (Lipinski definition) is 5. The van der Waals surface area contributed by atoms with Crippen molar-refractivity contribution in [2.75, 3.05) is 30.3 Å².